The van der Waals surface area contributed by atoms with Crippen LogP contribution in [0.3, 0.4) is 0 Å². The van der Waals surface area contributed by atoms with Crippen molar-refractivity contribution in [1.82, 2.24) is 9.46 Å². The summed E-state index contributed by atoms with van der Waals surface area (Å²) in [5.41, 5.74) is 2.13. The number of nitrogens with one attached hydrogen (secondary N) is 1. The zero-order valence-electron chi connectivity index (χ0n) is 19.3. The van der Waals surface area contributed by atoms with Gasteiger partial charge in [0.25, 0.3) is 0 Å². The molecule has 10 heteroatoms. The van der Waals surface area contributed by atoms with Gasteiger partial charge in [-0.05, 0) is 50.5 Å². The van der Waals surface area contributed by atoms with Crippen LogP contribution in [0.2, 0.25) is 0 Å². The molecule has 1 aliphatic rings. The lowest BCUT2D eigenvalue weighted by Gasteiger charge is -2.30. The van der Waals surface area contributed by atoms with Gasteiger partial charge in [0.2, 0.25) is 15.9 Å². The summed E-state index contributed by atoms with van der Waals surface area (Å²) in [6.07, 6.45) is 3.85. The standard InChI is InChI=1S/C25H25F2N3O4S/c1-16-3-5-18(6-4-16)7-10-23-24(17(2)29-34-23)35(32,33)30-13-11-19(12-14-30)25(31)28-22-9-8-20(26)15-21(22)27/h3-10,15,19H,11-14H2,1-2H3,(H,28,31). The second-order valence-corrected chi connectivity index (χ2v) is 10.4. The minimum absolute atomic E-state index is 0.00264. The number of benzene rings is 2. The van der Waals surface area contributed by atoms with Crippen molar-refractivity contribution in [2.75, 3.05) is 18.4 Å². The Morgan fingerprint density at radius 3 is 2.43 bits per heavy atom. The van der Waals surface area contributed by atoms with Crippen molar-refractivity contribution in [3.63, 3.8) is 0 Å². The third kappa shape index (κ3) is 5.49. The van der Waals surface area contributed by atoms with Crippen LogP contribution in [0.15, 0.2) is 51.9 Å². The molecular weight excluding hydrogens is 476 g/mol. The minimum Gasteiger partial charge on any atom is -0.355 e. The summed E-state index contributed by atoms with van der Waals surface area (Å²) < 4.78 is 60.3. The van der Waals surface area contributed by atoms with Crippen molar-refractivity contribution in [2.45, 2.75) is 31.6 Å². The van der Waals surface area contributed by atoms with Gasteiger partial charge in [0.1, 0.15) is 17.3 Å². The highest BCUT2D eigenvalue weighted by Crippen LogP contribution is 2.30. The molecule has 0 radical (unpaired) electrons. The Hall–Kier alpha value is -3.37. The molecular formula is C25H25F2N3O4S. The van der Waals surface area contributed by atoms with E-state index >= 15 is 0 Å². The molecule has 2 heterocycles. The summed E-state index contributed by atoms with van der Waals surface area (Å²) in [5, 5.41) is 6.31. The number of aryl methyl sites for hydroxylation is 2. The van der Waals surface area contributed by atoms with E-state index in [1.807, 2.05) is 31.2 Å². The van der Waals surface area contributed by atoms with Crippen molar-refractivity contribution < 1.29 is 26.5 Å². The fourth-order valence-corrected chi connectivity index (χ4v) is 5.68. The van der Waals surface area contributed by atoms with Crippen LogP contribution in [0.25, 0.3) is 12.2 Å². The molecule has 0 unspecified atom stereocenters. The quantitative estimate of drug-likeness (QED) is 0.525. The van der Waals surface area contributed by atoms with Gasteiger partial charge in [0, 0.05) is 25.1 Å². The molecule has 0 bridgehead atoms. The third-order valence-corrected chi connectivity index (χ3v) is 8.01. The first kappa shape index (κ1) is 24.7. The number of nitrogens with zero attached hydrogens (tertiary/aromatic N) is 2. The monoisotopic (exact) mass is 501 g/mol. The Kier molecular flexibility index (Phi) is 7.13. The molecule has 1 aliphatic heterocycles. The SMILES string of the molecule is Cc1ccc(C=Cc2onc(C)c2S(=O)(=O)N2CCC(C(=O)Nc3ccc(F)cc3F)CC2)cc1. The van der Waals surface area contributed by atoms with Crippen LogP contribution < -0.4 is 5.32 Å². The van der Waals surface area contributed by atoms with Crippen molar-refractivity contribution in [2.24, 2.45) is 5.92 Å². The van der Waals surface area contributed by atoms with E-state index in [0.29, 0.717) is 6.07 Å². The Bertz CT molecular complexity index is 1360. The number of hydrogen-bond acceptors (Lipinski definition) is 5. The number of amides is 1. The number of aromatic nitrogens is 1. The lowest BCUT2D eigenvalue weighted by atomic mass is 9.97. The van der Waals surface area contributed by atoms with E-state index < -0.39 is 33.5 Å². The molecule has 1 N–H and O–H groups in total. The fourth-order valence-electron chi connectivity index (χ4n) is 3.96. The number of carbonyl (C=O) groups is 1. The maximum atomic E-state index is 13.9. The molecule has 1 fully saturated rings. The van der Waals surface area contributed by atoms with E-state index in [9.17, 15) is 22.0 Å². The molecule has 0 spiro atoms. The average molecular weight is 502 g/mol. The summed E-state index contributed by atoms with van der Waals surface area (Å²) in [6, 6.07) is 10.6. The summed E-state index contributed by atoms with van der Waals surface area (Å²) in [4.78, 5) is 12.6. The molecule has 3 aromatic rings. The number of piperidine rings is 1. The van der Waals surface area contributed by atoms with E-state index in [0.717, 1.165) is 23.3 Å². The highest BCUT2D eigenvalue weighted by Gasteiger charge is 2.36. The molecule has 1 saturated heterocycles. The molecule has 4 rings (SSSR count). The highest BCUT2D eigenvalue weighted by atomic mass is 32.2. The van der Waals surface area contributed by atoms with Crippen molar-refractivity contribution in [3.05, 3.63) is 76.7 Å². The number of halogens is 2. The van der Waals surface area contributed by atoms with Crippen LogP contribution >= 0.6 is 0 Å². The first-order valence-corrected chi connectivity index (χ1v) is 12.6. The predicted octanol–water partition coefficient (Wildman–Crippen LogP) is 4.78. The maximum absolute atomic E-state index is 13.9. The molecule has 35 heavy (non-hydrogen) atoms. The highest BCUT2D eigenvalue weighted by molar-refractivity contribution is 7.89. The minimum atomic E-state index is -3.92. The molecule has 0 atom stereocenters. The molecule has 0 aliphatic carbocycles. The van der Waals surface area contributed by atoms with Crippen LogP contribution in [-0.4, -0.2) is 36.9 Å². The maximum Gasteiger partial charge on any atom is 0.248 e. The zero-order chi connectivity index (χ0) is 25.2. The van der Waals surface area contributed by atoms with E-state index in [1.54, 1.807) is 19.1 Å². The number of carbonyl (C=O) groups excluding carboxylic acids is 1. The second-order valence-electron chi connectivity index (χ2n) is 8.50. The number of rotatable bonds is 6. The largest absolute Gasteiger partial charge is 0.355 e. The van der Waals surface area contributed by atoms with E-state index in [4.69, 9.17) is 4.52 Å². The zero-order valence-corrected chi connectivity index (χ0v) is 20.1. The van der Waals surface area contributed by atoms with Gasteiger partial charge < -0.3 is 9.84 Å². The smallest absolute Gasteiger partial charge is 0.248 e. The van der Waals surface area contributed by atoms with Gasteiger partial charge in [-0.1, -0.05) is 41.1 Å². The average Bonchev–Trinajstić information content (AvgIpc) is 3.21. The fraction of sp³-hybridized carbons (Fsp3) is 0.280. The number of anilines is 1. The molecule has 0 saturated carbocycles. The summed E-state index contributed by atoms with van der Waals surface area (Å²) in [7, 11) is -3.92. The van der Waals surface area contributed by atoms with Gasteiger partial charge >= 0.3 is 0 Å². The Balaban J connectivity index is 1.45. The van der Waals surface area contributed by atoms with Crippen molar-refractivity contribution in [3.8, 4) is 0 Å². The number of sulfonamides is 1. The van der Waals surface area contributed by atoms with Crippen LogP contribution in [0, 0.1) is 31.4 Å². The second kappa shape index (κ2) is 10.1. The molecule has 1 amide bonds. The van der Waals surface area contributed by atoms with Gasteiger partial charge in [-0.25, -0.2) is 17.2 Å². The first-order valence-electron chi connectivity index (χ1n) is 11.1. The van der Waals surface area contributed by atoms with Gasteiger partial charge in [-0.3, -0.25) is 4.79 Å². The van der Waals surface area contributed by atoms with E-state index in [-0.39, 0.29) is 48.0 Å². The Morgan fingerprint density at radius 1 is 1.09 bits per heavy atom. The topological polar surface area (TPSA) is 92.5 Å². The van der Waals surface area contributed by atoms with Crippen LogP contribution in [0.5, 0.6) is 0 Å². The van der Waals surface area contributed by atoms with Gasteiger partial charge in [-0.2, -0.15) is 4.31 Å². The molecule has 2 aromatic carbocycles. The van der Waals surface area contributed by atoms with Crippen molar-refractivity contribution >= 4 is 33.8 Å². The van der Waals surface area contributed by atoms with Gasteiger partial charge in [0.15, 0.2) is 10.7 Å². The molecule has 7 nitrogen and oxygen atoms in total. The van der Waals surface area contributed by atoms with Crippen molar-refractivity contribution in [1.29, 1.82) is 0 Å². The van der Waals surface area contributed by atoms with Crippen LogP contribution in [0.4, 0.5) is 14.5 Å². The normalized spacial score (nSPS) is 15.5. The number of hydrogen-bond donors (Lipinski definition) is 1. The van der Waals surface area contributed by atoms with Crippen LogP contribution in [0.1, 0.15) is 35.4 Å². The Labute approximate surface area is 202 Å². The van der Waals surface area contributed by atoms with Gasteiger partial charge in [0.05, 0.1) is 5.69 Å². The molecule has 184 valence electrons. The molecule has 1 aromatic heterocycles. The lowest BCUT2D eigenvalue weighted by Crippen LogP contribution is -2.41. The Morgan fingerprint density at radius 2 is 1.77 bits per heavy atom. The summed E-state index contributed by atoms with van der Waals surface area (Å²) in [6.45, 7) is 3.76. The third-order valence-electron chi connectivity index (χ3n) is 5.95. The van der Waals surface area contributed by atoms with E-state index in [2.05, 4.69) is 10.5 Å². The lowest BCUT2D eigenvalue weighted by molar-refractivity contribution is -0.120. The van der Waals surface area contributed by atoms with Crippen LogP contribution in [-0.2, 0) is 14.8 Å². The summed E-state index contributed by atoms with van der Waals surface area (Å²) >= 11 is 0. The van der Waals surface area contributed by atoms with Gasteiger partial charge in [-0.15, -0.1) is 0 Å². The first-order chi connectivity index (χ1) is 16.6. The van der Waals surface area contributed by atoms with E-state index in [1.165, 1.54) is 4.31 Å². The predicted molar refractivity (Wildman–Crippen MR) is 128 cm³/mol. The summed E-state index contributed by atoms with van der Waals surface area (Å²) in [5.74, 6) is -2.41.